The lowest BCUT2D eigenvalue weighted by Crippen LogP contribution is -2.19. The highest BCUT2D eigenvalue weighted by Crippen LogP contribution is 2.53. The van der Waals surface area contributed by atoms with Crippen LogP contribution >= 0.6 is 14.3 Å². The van der Waals surface area contributed by atoms with E-state index in [2.05, 4.69) is 0 Å². The number of benzene rings is 8. The van der Waals surface area contributed by atoms with Gasteiger partial charge in [-0.25, -0.2) is 17.6 Å². The van der Waals surface area contributed by atoms with Gasteiger partial charge < -0.3 is 9.13 Å². The van der Waals surface area contributed by atoms with Crippen LogP contribution in [0.3, 0.4) is 0 Å². The van der Waals surface area contributed by atoms with Crippen molar-refractivity contribution in [2.75, 3.05) is 0 Å². The van der Waals surface area contributed by atoms with Gasteiger partial charge in [0.1, 0.15) is 37.6 Å². The standard InChI is InChI=1S/C46H32F4O2P2/c47-35-11-5-15-39(25-35)53(51,40-16-6-12-36(48)26-40)29-33-23-21-31-9-1-3-19-43(31)45(33)46-34(24-22-32-10-2-4-20-44(32)46)30-54(52,41-17-7-13-37(49)27-41)42-18-8-14-38(50)28-42/h1-28H,29-30H2. The second-order valence-corrected chi connectivity index (χ2v) is 19.0. The molecule has 0 fully saturated rings. The Morgan fingerprint density at radius 2 is 0.667 bits per heavy atom. The molecule has 0 aliphatic rings. The highest BCUT2D eigenvalue weighted by atomic mass is 31.2. The van der Waals surface area contributed by atoms with Gasteiger partial charge in [-0.05, 0) is 92.3 Å². The first-order valence-corrected chi connectivity index (χ1v) is 21.2. The van der Waals surface area contributed by atoms with E-state index in [1.165, 1.54) is 72.8 Å². The summed E-state index contributed by atoms with van der Waals surface area (Å²) in [7, 11) is -7.53. The van der Waals surface area contributed by atoms with Gasteiger partial charge >= 0.3 is 0 Å². The molecule has 2 nitrogen and oxygen atoms in total. The fourth-order valence-corrected chi connectivity index (χ4v) is 12.9. The van der Waals surface area contributed by atoms with Crippen molar-refractivity contribution in [2.24, 2.45) is 0 Å². The Balaban J connectivity index is 1.43. The molecule has 8 heteroatoms. The van der Waals surface area contributed by atoms with E-state index in [1.807, 2.05) is 72.8 Å². The zero-order valence-electron chi connectivity index (χ0n) is 28.8. The fraction of sp³-hybridized carbons (Fsp3) is 0.0435. The number of rotatable bonds is 9. The first-order valence-electron chi connectivity index (χ1n) is 17.4. The third-order valence-corrected chi connectivity index (χ3v) is 16.0. The SMILES string of the molecule is O=P(Cc1ccc2ccccc2c1-c1c(CP(=O)(c2cccc(F)c2)c2cccc(F)c2)ccc2ccccc12)(c1cccc(F)c1)c1cccc(F)c1. The topological polar surface area (TPSA) is 34.1 Å². The van der Waals surface area contributed by atoms with Crippen molar-refractivity contribution in [1.29, 1.82) is 0 Å². The lowest BCUT2D eigenvalue weighted by Gasteiger charge is -2.26. The zero-order valence-corrected chi connectivity index (χ0v) is 30.6. The third kappa shape index (κ3) is 6.62. The molecule has 8 aromatic rings. The maximum absolute atomic E-state index is 15.6. The van der Waals surface area contributed by atoms with E-state index in [0.29, 0.717) is 11.1 Å². The number of hydrogen-bond acceptors (Lipinski definition) is 2. The first-order chi connectivity index (χ1) is 26.1. The molecule has 0 aliphatic heterocycles. The molecule has 0 spiro atoms. The first kappa shape index (κ1) is 35.5. The second kappa shape index (κ2) is 14.4. The summed E-state index contributed by atoms with van der Waals surface area (Å²) in [6.07, 6.45) is -0.178. The van der Waals surface area contributed by atoms with Crippen molar-refractivity contribution in [3.63, 3.8) is 0 Å². The molecule has 0 atom stereocenters. The van der Waals surface area contributed by atoms with E-state index in [0.717, 1.165) is 32.7 Å². The molecule has 0 radical (unpaired) electrons. The number of fused-ring (bicyclic) bond motifs is 2. The smallest absolute Gasteiger partial charge is 0.147 e. The maximum atomic E-state index is 15.6. The molecule has 54 heavy (non-hydrogen) atoms. The van der Waals surface area contributed by atoms with Gasteiger partial charge in [-0.3, -0.25) is 0 Å². The number of hydrogen-bond donors (Lipinski definition) is 0. The summed E-state index contributed by atoms with van der Waals surface area (Å²) < 4.78 is 90.5. The Kier molecular flexibility index (Phi) is 9.44. The Labute approximate surface area is 310 Å². The zero-order chi connectivity index (χ0) is 37.5. The molecular formula is C46H32F4O2P2. The van der Waals surface area contributed by atoms with E-state index < -0.39 is 37.6 Å². The maximum Gasteiger partial charge on any atom is 0.147 e. The molecule has 0 heterocycles. The van der Waals surface area contributed by atoms with Gasteiger partial charge in [0.25, 0.3) is 0 Å². The Morgan fingerprint density at radius 1 is 0.352 bits per heavy atom. The molecular weight excluding hydrogens is 722 g/mol. The van der Waals surface area contributed by atoms with Crippen molar-refractivity contribution < 1.29 is 26.7 Å². The summed E-state index contributed by atoms with van der Waals surface area (Å²) in [5.41, 5.74) is 2.74. The monoisotopic (exact) mass is 754 g/mol. The fourth-order valence-electron chi connectivity index (χ4n) is 7.43. The van der Waals surface area contributed by atoms with E-state index in [4.69, 9.17) is 0 Å². The molecule has 0 bridgehead atoms. The predicted molar refractivity (Wildman–Crippen MR) is 214 cm³/mol. The molecule has 0 unspecified atom stereocenters. The summed E-state index contributed by atoms with van der Waals surface area (Å²) >= 11 is 0. The average molecular weight is 755 g/mol. The van der Waals surface area contributed by atoms with E-state index in [-0.39, 0.29) is 33.5 Å². The molecule has 8 rings (SSSR count). The van der Waals surface area contributed by atoms with Crippen molar-refractivity contribution in [3.05, 3.63) is 204 Å². The van der Waals surface area contributed by atoms with Crippen LogP contribution in [0.2, 0.25) is 0 Å². The molecule has 0 aromatic heterocycles. The molecule has 266 valence electrons. The van der Waals surface area contributed by atoms with Crippen LogP contribution in [0.25, 0.3) is 32.7 Å². The minimum Gasteiger partial charge on any atom is -0.313 e. The molecule has 8 aromatic carbocycles. The number of halogens is 4. The molecule has 0 N–H and O–H groups in total. The lowest BCUT2D eigenvalue weighted by molar-refractivity contribution is 0.584. The van der Waals surface area contributed by atoms with Gasteiger partial charge in [-0.1, -0.05) is 121 Å². The minimum absolute atomic E-state index is 0.0891. The van der Waals surface area contributed by atoms with Crippen LogP contribution in [0.4, 0.5) is 17.6 Å². The summed E-state index contributed by atoms with van der Waals surface area (Å²) in [6.45, 7) is 0. The lowest BCUT2D eigenvalue weighted by atomic mass is 9.88. The van der Waals surface area contributed by atoms with E-state index in [9.17, 15) is 17.6 Å². The van der Waals surface area contributed by atoms with Gasteiger partial charge in [-0.2, -0.15) is 0 Å². The van der Waals surface area contributed by atoms with Gasteiger partial charge in [-0.15, -0.1) is 0 Å². The predicted octanol–water partition coefficient (Wildman–Crippen LogP) is 11.2. The Morgan fingerprint density at radius 3 is 0.981 bits per heavy atom. The van der Waals surface area contributed by atoms with Crippen molar-refractivity contribution in [3.8, 4) is 11.1 Å². The quantitative estimate of drug-likeness (QED) is 0.109. The molecule has 0 amide bonds. The van der Waals surface area contributed by atoms with Crippen LogP contribution in [0.5, 0.6) is 0 Å². The minimum atomic E-state index is -3.77. The third-order valence-electron chi connectivity index (χ3n) is 9.97. The van der Waals surface area contributed by atoms with Gasteiger partial charge in [0, 0.05) is 33.5 Å². The second-order valence-electron chi connectivity index (χ2n) is 13.4. The van der Waals surface area contributed by atoms with Crippen LogP contribution in [-0.2, 0) is 21.5 Å². The van der Waals surface area contributed by atoms with Gasteiger partial charge in [0.15, 0.2) is 0 Å². The summed E-state index contributed by atoms with van der Waals surface area (Å²) in [4.78, 5) is 0. The Bertz CT molecular complexity index is 2530. The van der Waals surface area contributed by atoms with Crippen LogP contribution in [0.15, 0.2) is 170 Å². The summed E-state index contributed by atoms with van der Waals surface area (Å²) in [5.74, 6) is -2.26. The molecule has 0 saturated heterocycles. The highest BCUT2D eigenvalue weighted by Gasteiger charge is 2.33. The molecule has 0 saturated carbocycles. The summed E-state index contributed by atoms with van der Waals surface area (Å²) in [6, 6.07) is 45.7. The van der Waals surface area contributed by atoms with Crippen molar-refractivity contribution in [1.82, 2.24) is 0 Å². The molecule has 0 aliphatic carbocycles. The van der Waals surface area contributed by atoms with Crippen molar-refractivity contribution in [2.45, 2.75) is 12.3 Å². The van der Waals surface area contributed by atoms with Crippen LogP contribution < -0.4 is 21.2 Å². The average Bonchev–Trinajstić information content (AvgIpc) is 3.18. The highest BCUT2D eigenvalue weighted by molar-refractivity contribution is 7.78. The van der Waals surface area contributed by atoms with Crippen LogP contribution in [-0.4, -0.2) is 0 Å². The normalized spacial score (nSPS) is 12.0. The van der Waals surface area contributed by atoms with Crippen LogP contribution in [0.1, 0.15) is 11.1 Å². The van der Waals surface area contributed by atoms with Crippen LogP contribution in [0, 0.1) is 23.3 Å². The van der Waals surface area contributed by atoms with Gasteiger partial charge in [0.2, 0.25) is 0 Å². The largest absolute Gasteiger partial charge is 0.313 e. The van der Waals surface area contributed by atoms with Gasteiger partial charge in [0.05, 0.1) is 0 Å². The van der Waals surface area contributed by atoms with E-state index >= 15 is 9.13 Å². The van der Waals surface area contributed by atoms with E-state index in [1.54, 1.807) is 24.3 Å². The Hall–Kier alpha value is -5.54. The summed E-state index contributed by atoms with van der Waals surface area (Å²) in [5, 5.41) is 4.39. The van der Waals surface area contributed by atoms with Crippen molar-refractivity contribution >= 4 is 57.0 Å².